The van der Waals surface area contributed by atoms with E-state index in [1.165, 1.54) is 0 Å². The normalized spacial score (nSPS) is 12.1. The van der Waals surface area contributed by atoms with Crippen molar-refractivity contribution in [2.75, 3.05) is 0 Å². The molecule has 3 nitrogen and oxygen atoms in total. The molecular formula is C16H20N2O. The van der Waals surface area contributed by atoms with Gasteiger partial charge in [-0.2, -0.15) is 0 Å². The number of hydrogen-bond acceptors (Lipinski definition) is 3. The number of ether oxygens (including phenoxy) is 1. The highest BCUT2D eigenvalue weighted by atomic mass is 16.5. The highest BCUT2D eigenvalue weighted by Gasteiger charge is 2.10. The third-order valence-corrected chi connectivity index (χ3v) is 3.06. The quantitative estimate of drug-likeness (QED) is 0.861. The van der Waals surface area contributed by atoms with E-state index in [0.717, 1.165) is 29.7 Å². The molecular weight excluding hydrogens is 236 g/mol. The van der Waals surface area contributed by atoms with Gasteiger partial charge in [-0.3, -0.25) is 4.98 Å². The van der Waals surface area contributed by atoms with E-state index in [-0.39, 0.29) is 6.04 Å². The van der Waals surface area contributed by atoms with Crippen LogP contribution in [-0.4, -0.2) is 4.98 Å². The van der Waals surface area contributed by atoms with Gasteiger partial charge >= 0.3 is 0 Å². The molecule has 0 fully saturated rings. The van der Waals surface area contributed by atoms with Crippen molar-refractivity contribution in [3.8, 4) is 5.75 Å². The Labute approximate surface area is 114 Å². The fraction of sp³-hybridized carbons (Fsp3) is 0.312. The second kappa shape index (κ2) is 6.90. The largest absolute Gasteiger partial charge is 0.489 e. The van der Waals surface area contributed by atoms with E-state index < -0.39 is 0 Å². The molecule has 19 heavy (non-hydrogen) atoms. The summed E-state index contributed by atoms with van der Waals surface area (Å²) < 4.78 is 5.88. The number of para-hydroxylation sites is 1. The van der Waals surface area contributed by atoms with Crippen LogP contribution in [-0.2, 0) is 6.61 Å². The number of rotatable bonds is 6. The van der Waals surface area contributed by atoms with Gasteiger partial charge in [-0.1, -0.05) is 31.5 Å². The van der Waals surface area contributed by atoms with Crippen molar-refractivity contribution in [3.05, 3.63) is 59.9 Å². The van der Waals surface area contributed by atoms with Crippen molar-refractivity contribution in [1.29, 1.82) is 0 Å². The van der Waals surface area contributed by atoms with E-state index in [1.54, 1.807) is 12.4 Å². The Morgan fingerprint density at radius 2 is 1.89 bits per heavy atom. The van der Waals surface area contributed by atoms with Gasteiger partial charge < -0.3 is 10.5 Å². The van der Waals surface area contributed by atoms with Crippen molar-refractivity contribution >= 4 is 0 Å². The Kier molecular flexibility index (Phi) is 4.93. The lowest BCUT2D eigenvalue weighted by molar-refractivity contribution is 0.300. The van der Waals surface area contributed by atoms with Gasteiger partial charge in [-0.25, -0.2) is 0 Å². The average Bonchev–Trinajstić information content (AvgIpc) is 2.47. The fourth-order valence-electron chi connectivity index (χ4n) is 2.02. The zero-order valence-corrected chi connectivity index (χ0v) is 11.3. The van der Waals surface area contributed by atoms with Crippen LogP contribution in [0.3, 0.4) is 0 Å². The molecule has 0 spiro atoms. The van der Waals surface area contributed by atoms with E-state index in [4.69, 9.17) is 10.5 Å². The Hall–Kier alpha value is -1.87. The smallest absolute Gasteiger partial charge is 0.124 e. The molecule has 0 aliphatic carbocycles. The lowest BCUT2D eigenvalue weighted by Gasteiger charge is -2.16. The third kappa shape index (κ3) is 3.80. The summed E-state index contributed by atoms with van der Waals surface area (Å²) in [4.78, 5) is 3.99. The maximum absolute atomic E-state index is 6.19. The first-order chi connectivity index (χ1) is 9.31. The molecule has 1 heterocycles. The standard InChI is InChI=1S/C16H20N2O/c1-2-5-15(17)14-6-3-4-7-16(14)19-12-13-8-10-18-11-9-13/h3-4,6-11,15H,2,5,12,17H2,1H3. The number of pyridine rings is 1. The van der Waals surface area contributed by atoms with Crippen LogP contribution in [0, 0.1) is 0 Å². The van der Waals surface area contributed by atoms with Crippen LogP contribution < -0.4 is 10.5 Å². The molecule has 100 valence electrons. The molecule has 0 saturated carbocycles. The van der Waals surface area contributed by atoms with Gasteiger partial charge in [0.2, 0.25) is 0 Å². The van der Waals surface area contributed by atoms with E-state index in [1.807, 2.05) is 36.4 Å². The third-order valence-electron chi connectivity index (χ3n) is 3.06. The van der Waals surface area contributed by atoms with Crippen molar-refractivity contribution in [1.82, 2.24) is 4.98 Å². The minimum Gasteiger partial charge on any atom is -0.489 e. The summed E-state index contributed by atoms with van der Waals surface area (Å²) in [6, 6.07) is 11.9. The SMILES string of the molecule is CCCC(N)c1ccccc1OCc1ccncc1. The molecule has 0 saturated heterocycles. The molecule has 1 atom stereocenters. The van der Waals surface area contributed by atoms with Crippen molar-refractivity contribution in [2.24, 2.45) is 5.73 Å². The van der Waals surface area contributed by atoms with Gasteiger partial charge in [-0.05, 0) is 30.2 Å². The summed E-state index contributed by atoms with van der Waals surface area (Å²) in [5.74, 6) is 0.875. The molecule has 0 aliphatic heterocycles. The summed E-state index contributed by atoms with van der Waals surface area (Å²) in [6.45, 7) is 2.68. The van der Waals surface area contributed by atoms with Gasteiger partial charge in [0.1, 0.15) is 12.4 Å². The number of nitrogens with two attached hydrogens (primary N) is 1. The molecule has 2 rings (SSSR count). The van der Waals surface area contributed by atoms with Gasteiger partial charge in [0, 0.05) is 24.0 Å². The van der Waals surface area contributed by atoms with Gasteiger partial charge in [0.25, 0.3) is 0 Å². The van der Waals surface area contributed by atoms with Crippen LogP contribution in [0.15, 0.2) is 48.8 Å². The minimum atomic E-state index is 0.0404. The second-order valence-corrected chi connectivity index (χ2v) is 4.58. The Balaban J connectivity index is 2.07. The zero-order valence-electron chi connectivity index (χ0n) is 11.3. The average molecular weight is 256 g/mol. The molecule has 2 aromatic rings. The second-order valence-electron chi connectivity index (χ2n) is 4.58. The molecule has 0 amide bonds. The van der Waals surface area contributed by atoms with Gasteiger partial charge in [0.15, 0.2) is 0 Å². The highest BCUT2D eigenvalue weighted by molar-refractivity contribution is 5.35. The fourth-order valence-corrected chi connectivity index (χ4v) is 2.02. The maximum Gasteiger partial charge on any atom is 0.124 e. The van der Waals surface area contributed by atoms with E-state index in [2.05, 4.69) is 11.9 Å². The van der Waals surface area contributed by atoms with Crippen LogP contribution in [0.1, 0.15) is 36.9 Å². The summed E-state index contributed by atoms with van der Waals surface area (Å²) in [5, 5.41) is 0. The topological polar surface area (TPSA) is 48.1 Å². The van der Waals surface area contributed by atoms with Gasteiger partial charge in [-0.15, -0.1) is 0 Å². The van der Waals surface area contributed by atoms with Crippen molar-refractivity contribution < 1.29 is 4.74 Å². The molecule has 1 aromatic carbocycles. The van der Waals surface area contributed by atoms with Crippen LogP contribution in [0.25, 0.3) is 0 Å². The van der Waals surface area contributed by atoms with E-state index in [9.17, 15) is 0 Å². The first-order valence-electron chi connectivity index (χ1n) is 6.67. The monoisotopic (exact) mass is 256 g/mol. The first kappa shape index (κ1) is 13.6. The lowest BCUT2D eigenvalue weighted by atomic mass is 10.0. The van der Waals surface area contributed by atoms with Crippen molar-refractivity contribution in [2.45, 2.75) is 32.4 Å². The van der Waals surface area contributed by atoms with Gasteiger partial charge in [0.05, 0.1) is 0 Å². The minimum absolute atomic E-state index is 0.0404. The molecule has 3 heteroatoms. The summed E-state index contributed by atoms with van der Waals surface area (Å²) in [5.41, 5.74) is 8.37. The molecule has 0 bridgehead atoms. The highest BCUT2D eigenvalue weighted by Crippen LogP contribution is 2.26. The number of aromatic nitrogens is 1. The predicted molar refractivity (Wildman–Crippen MR) is 76.8 cm³/mol. The first-order valence-corrected chi connectivity index (χ1v) is 6.67. The summed E-state index contributed by atoms with van der Waals surface area (Å²) in [6.07, 6.45) is 5.58. The predicted octanol–water partition coefficient (Wildman–Crippen LogP) is 3.46. The number of hydrogen-bond donors (Lipinski definition) is 1. The van der Waals surface area contributed by atoms with Crippen molar-refractivity contribution in [3.63, 3.8) is 0 Å². The Bertz CT molecular complexity index is 499. The van der Waals surface area contributed by atoms with Crippen LogP contribution in [0.5, 0.6) is 5.75 Å². The molecule has 0 aliphatic rings. The van der Waals surface area contributed by atoms with E-state index in [0.29, 0.717) is 6.61 Å². The summed E-state index contributed by atoms with van der Waals surface area (Å²) >= 11 is 0. The molecule has 1 aromatic heterocycles. The zero-order chi connectivity index (χ0) is 13.5. The van der Waals surface area contributed by atoms with Crippen LogP contribution in [0.2, 0.25) is 0 Å². The Morgan fingerprint density at radius 3 is 2.63 bits per heavy atom. The van der Waals surface area contributed by atoms with Crippen LogP contribution >= 0.6 is 0 Å². The summed E-state index contributed by atoms with van der Waals surface area (Å²) in [7, 11) is 0. The number of benzene rings is 1. The number of nitrogens with zero attached hydrogens (tertiary/aromatic N) is 1. The Morgan fingerprint density at radius 1 is 1.16 bits per heavy atom. The maximum atomic E-state index is 6.19. The molecule has 0 radical (unpaired) electrons. The van der Waals surface area contributed by atoms with E-state index >= 15 is 0 Å². The molecule has 1 unspecified atom stereocenters. The lowest BCUT2D eigenvalue weighted by Crippen LogP contribution is -2.11. The molecule has 2 N–H and O–H groups in total. The van der Waals surface area contributed by atoms with Crippen LogP contribution in [0.4, 0.5) is 0 Å².